The van der Waals surface area contributed by atoms with E-state index in [1.165, 1.54) is 6.42 Å². The largest absolute Gasteiger partial charge is 0.379 e. The summed E-state index contributed by atoms with van der Waals surface area (Å²) < 4.78 is 5.59. The van der Waals surface area contributed by atoms with E-state index in [2.05, 4.69) is 43.2 Å². The number of ether oxygens (including phenoxy) is 1. The standard InChI is InChI=1S/C13H29N3O/c1-5-6-14-13-11-17-10-12(13)9-16(4)8-7-15(2)3/h12-14H,5-11H2,1-4H3. The Balaban J connectivity index is 2.23. The molecule has 2 unspecified atom stereocenters. The molecule has 0 aromatic heterocycles. The van der Waals surface area contributed by atoms with Gasteiger partial charge in [-0.15, -0.1) is 0 Å². The van der Waals surface area contributed by atoms with Crippen molar-refractivity contribution in [1.29, 1.82) is 0 Å². The van der Waals surface area contributed by atoms with Gasteiger partial charge in [-0.3, -0.25) is 0 Å². The van der Waals surface area contributed by atoms with E-state index in [-0.39, 0.29) is 0 Å². The van der Waals surface area contributed by atoms with E-state index in [9.17, 15) is 0 Å². The number of hydrogen-bond acceptors (Lipinski definition) is 4. The van der Waals surface area contributed by atoms with Gasteiger partial charge in [0.25, 0.3) is 0 Å². The fraction of sp³-hybridized carbons (Fsp3) is 1.00. The lowest BCUT2D eigenvalue weighted by Gasteiger charge is -2.25. The van der Waals surface area contributed by atoms with Crippen LogP contribution in [0.5, 0.6) is 0 Å². The van der Waals surface area contributed by atoms with Crippen molar-refractivity contribution in [3.63, 3.8) is 0 Å². The Kier molecular flexibility index (Phi) is 7.04. The first kappa shape index (κ1) is 14.9. The second kappa shape index (κ2) is 8.03. The van der Waals surface area contributed by atoms with Gasteiger partial charge in [0.2, 0.25) is 0 Å². The Morgan fingerprint density at radius 1 is 1.18 bits per heavy atom. The molecule has 0 aromatic carbocycles. The molecule has 0 amide bonds. The minimum atomic E-state index is 0.553. The molecule has 0 spiro atoms. The van der Waals surface area contributed by atoms with Gasteiger partial charge in [0.05, 0.1) is 13.2 Å². The fourth-order valence-corrected chi connectivity index (χ4v) is 2.20. The van der Waals surface area contributed by atoms with Crippen molar-refractivity contribution in [2.75, 3.05) is 60.5 Å². The van der Waals surface area contributed by atoms with Crippen LogP contribution < -0.4 is 5.32 Å². The molecule has 102 valence electrons. The fourth-order valence-electron chi connectivity index (χ4n) is 2.20. The molecule has 1 aliphatic rings. The third kappa shape index (κ3) is 5.82. The summed E-state index contributed by atoms with van der Waals surface area (Å²) >= 11 is 0. The maximum Gasteiger partial charge on any atom is 0.0623 e. The Labute approximate surface area is 106 Å². The molecule has 1 fully saturated rings. The van der Waals surface area contributed by atoms with Crippen molar-refractivity contribution >= 4 is 0 Å². The van der Waals surface area contributed by atoms with E-state index in [1.54, 1.807) is 0 Å². The molecule has 0 radical (unpaired) electrons. The summed E-state index contributed by atoms with van der Waals surface area (Å²) in [6.07, 6.45) is 1.19. The van der Waals surface area contributed by atoms with E-state index < -0.39 is 0 Å². The number of nitrogens with one attached hydrogen (secondary N) is 1. The molecule has 4 nitrogen and oxygen atoms in total. The van der Waals surface area contributed by atoms with Crippen molar-refractivity contribution in [3.05, 3.63) is 0 Å². The average molecular weight is 243 g/mol. The van der Waals surface area contributed by atoms with Gasteiger partial charge in [0.1, 0.15) is 0 Å². The smallest absolute Gasteiger partial charge is 0.0623 e. The minimum Gasteiger partial charge on any atom is -0.379 e. The van der Waals surface area contributed by atoms with E-state index >= 15 is 0 Å². The number of nitrogens with zero attached hydrogens (tertiary/aromatic N) is 2. The van der Waals surface area contributed by atoms with Crippen molar-refractivity contribution in [1.82, 2.24) is 15.1 Å². The maximum atomic E-state index is 5.59. The highest BCUT2D eigenvalue weighted by molar-refractivity contribution is 4.83. The van der Waals surface area contributed by atoms with Gasteiger partial charge in [-0.05, 0) is 34.1 Å². The summed E-state index contributed by atoms with van der Waals surface area (Å²) in [6, 6.07) is 0.553. The van der Waals surface area contributed by atoms with E-state index in [1.807, 2.05) is 0 Å². The molecular formula is C13H29N3O. The van der Waals surface area contributed by atoms with Gasteiger partial charge in [-0.1, -0.05) is 6.92 Å². The zero-order valence-electron chi connectivity index (χ0n) is 11.9. The summed E-state index contributed by atoms with van der Waals surface area (Å²) in [6.45, 7) is 8.49. The topological polar surface area (TPSA) is 27.7 Å². The number of hydrogen-bond donors (Lipinski definition) is 1. The Morgan fingerprint density at radius 3 is 2.59 bits per heavy atom. The zero-order valence-corrected chi connectivity index (χ0v) is 11.9. The maximum absolute atomic E-state index is 5.59. The molecule has 17 heavy (non-hydrogen) atoms. The van der Waals surface area contributed by atoms with Crippen LogP contribution in [0.4, 0.5) is 0 Å². The molecule has 0 bridgehead atoms. The van der Waals surface area contributed by atoms with E-state index in [0.29, 0.717) is 12.0 Å². The predicted molar refractivity (Wildman–Crippen MR) is 72.4 cm³/mol. The first-order valence-corrected chi connectivity index (χ1v) is 6.78. The molecule has 0 saturated carbocycles. The lowest BCUT2D eigenvalue weighted by Crippen LogP contribution is -2.42. The summed E-state index contributed by atoms with van der Waals surface area (Å²) in [4.78, 5) is 4.65. The van der Waals surface area contributed by atoms with Crippen LogP contribution in [0.1, 0.15) is 13.3 Å². The highest BCUT2D eigenvalue weighted by atomic mass is 16.5. The van der Waals surface area contributed by atoms with Gasteiger partial charge in [-0.25, -0.2) is 0 Å². The summed E-state index contributed by atoms with van der Waals surface area (Å²) in [7, 11) is 6.45. The van der Waals surface area contributed by atoms with Gasteiger partial charge in [0.15, 0.2) is 0 Å². The molecule has 1 rings (SSSR count). The molecule has 4 heteroatoms. The molecule has 1 aliphatic heterocycles. The minimum absolute atomic E-state index is 0.553. The van der Waals surface area contributed by atoms with Crippen LogP contribution in [0, 0.1) is 5.92 Å². The Hall–Kier alpha value is -0.160. The monoisotopic (exact) mass is 243 g/mol. The van der Waals surface area contributed by atoms with Crippen molar-refractivity contribution in [2.24, 2.45) is 5.92 Å². The van der Waals surface area contributed by atoms with Crippen LogP contribution in [0.2, 0.25) is 0 Å². The van der Waals surface area contributed by atoms with Gasteiger partial charge in [-0.2, -0.15) is 0 Å². The quantitative estimate of drug-likeness (QED) is 0.672. The number of rotatable bonds is 8. The summed E-state index contributed by atoms with van der Waals surface area (Å²) in [5.41, 5.74) is 0. The lowest BCUT2D eigenvalue weighted by molar-refractivity contribution is 0.171. The van der Waals surface area contributed by atoms with Gasteiger partial charge >= 0.3 is 0 Å². The Morgan fingerprint density at radius 2 is 1.94 bits per heavy atom. The van der Waals surface area contributed by atoms with E-state index in [0.717, 1.165) is 39.4 Å². The highest BCUT2D eigenvalue weighted by Gasteiger charge is 2.28. The molecule has 1 heterocycles. The average Bonchev–Trinajstić information content (AvgIpc) is 2.71. The van der Waals surface area contributed by atoms with Crippen LogP contribution in [-0.2, 0) is 4.74 Å². The first-order valence-electron chi connectivity index (χ1n) is 6.78. The molecule has 0 aliphatic carbocycles. The second-order valence-electron chi connectivity index (χ2n) is 5.42. The van der Waals surface area contributed by atoms with Crippen molar-refractivity contribution < 1.29 is 4.74 Å². The molecule has 1 saturated heterocycles. The summed E-state index contributed by atoms with van der Waals surface area (Å²) in [5, 5.41) is 3.59. The second-order valence-corrected chi connectivity index (χ2v) is 5.42. The van der Waals surface area contributed by atoms with Gasteiger partial charge in [0, 0.05) is 31.6 Å². The van der Waals surface area contributed by atoms with E-state index in [4.69, 9.17) is 4.74 Å². The SMILES string of the molecule is CCCNC1COCC1CN(C)CCN(C)C. The third-order valence-corrected chi connectivity index (χ3v) is 3.33. The highest BCUT2D eigenvalue weighted by Crippen LogP contribution is 2.14. The van der Waals surface area contributed by atoms with Crippen LogP contribution in [0.15, 0.2) is 0 Å². The predicted octanol–water partition coefficient (Wildman–Crippen LogP) is 0.494. The Bertz CT molecular complexity index is 199. The van der Waals surface area contributed by atoms with Crippen molar-refractivity contribution in [2.45, 2.75) is 19.4 Å². The van der Waals surface area contributed by atoms with Crippen LogP contribution in [0.3, 0.4) is 0 Å². The molecular weight excluding hydrogens is 214 g/mol. The normalized spacial score (nSPS) is 25.1. The third-order valence-electron chi connectivity index (χ3n) is 3.33. The molecule has 2 atom stereocenters. The lowest BCUT2D eigenvalue weighted by atomic mass is 10.0. The first-order chi connectivity index (χ1) is 8.13. The molecule has 0 aromatic rings. The van der Waals surface area contributed by atoms with Crippen LogP contribution >= 0.6 is 0 Å². The van der Waals surface area contributed by atoms with Crippen LogP contribution in [-0.4, -0.2) is 76.4 Å². The number of likely N-dealkylation sites (N-methyl/N-ethyl adjacent to an activating group) is 2. The van der Waals surface area contributed by atoms with Crippen molar-refractivity contribution in [3.8, 4) is 0 Å². The van der Waals surface area contributed by atoms with Gasteiger partial charge < -0.3 is 19.9 Å². The zero-order chi connectivity index (χ0) is 12.7. The summed E-state index contributed by atoms with van der Waals surface area (Å²) in [5.74, 6) is 0.647. The van der Waals surface area contributed by atoms with Crippen LogP contribution in [0.25, 0.3) is 0 Å². The molecule has 1 N–H and O–H groups in total.